The van der Waals surface area contributed by atoms with Crippen molar-refractivity contribution >= 4 is 54.1 Å². The van der Waals surface area contributed by atoms with Crippen LogP contribution in [0, 0.1) is 0 Å². The van der Waals surface area contributed by atoms with Crippen LogP contribution in [-0.2, 0) is 0 Å². The third-order valence-electron chi connectivity index (χ3n) is 10.1. The Balaban J connectivity index is 1.10. The summed E-state index contributed by atoms with van der Waals surface area (Å²) in [5, 5.41) is 9.61. The van der Waals surface area contributed by atoms with Crippen molar-refractivity contribution in [3.05, 3.63) is 182 Å². The normalized spacial score (nSPS) is 11.6. The Morgan fingerprint density at radius 3 is 1.46 bits per heavy atom. The highest BCUT2D eigenvalue weighted by atomic mass is 14.7. The number of hydrogen-bond donors (Lipinski definition) is 0. The van der Waals surface area contributed by atoms with Gasteiger partial charge in [0.25, 0.3) is 0 Å². The topological polar surface area (TPSA) is 25.8 Å². The van der Waals surface area contributed by atoms with Crippen LogP contribution in [0.4, 0.5) is 0 Å². The maximum atomic E-state index is 5.10. The molecule has 0 saturated carbocycles. The molecule has 0 aliphatic heterocycles. The molecule has 0 amide bonds. The Hall–Kier alpha value is -6.64. The van der Waals surface area contributed by atoms with Gasteiger partial charge in [0.1, 0.15) is 0 Å². The van der Waals surface area contributed by atoms with Gasteiger partial charge in [0.2, 0.25) is 0 Å². The average molecular weight is 635 g/mol. The van der Waals surface area contributed by atoms with Gasteiger partial charge in [-0.15, -0.1) is 0 Å². The van der Waals surface area contributed by atoms with Gasteiger partial charge < -0.3 is 0 Å². The van der Waals surface area contributed by atoms with Crippen LogP contribution >= 0.6 is 0 Å². The lowest BCUT2D eigenvalue weighted by molar-refractivity contribution is 1.37. The van der Waals surface area contributed by atoms with E-state index in [1.807, 2.05) is 12.3 Å². The van der Waals surface area contributed by atoms with E-state index in [2.05, 4.69) is 175 Å². The molecule has 2 heteroatoms. The first-order valence-electron chi connectivity index (χ1n) is 17.1. The number of rotatable bonds is 4. The number of benzene rings is 8. The van der Waals surface area contributed by atoms with Crippen molar-refractivity contribution in [3.63, 3.8) is 0 Å². The summed E-state index contributed by atoms with van der Waals surface area (Å²) in [7, 11) is 0. The zero-order valence-electron chi connectivity index (χ0n) is 27.2. The number of pyridine rings is 2. The van der Waals surface area contributed by atoms with E-state index in [0.29, 0.717) is 0 Å². The minimum Gasteiger partial charge on any atom is -0.254 e. The summed E-state index contributed by atoms with van der Waals surface area (Å²) in [6.45, 7) is 0. The number of fused-ring (bicyclic) bond motifs is 6. The molecule has 50 heavy (non-hydrogen) atoms. The molecule has 8 aromatic carbocycles. The van der Waals surface area contributed by atoms with Gasteiger partial charge in [-0.25, -0.2) is 4.98 Å². The van der Waals surface area contributed by atoms with Gasteiger partial charge in [-0.3, -0.25) is 4.98 Å². The molecule has 0 saturated heterocycles. The fourth-order valence-electron chi connectivity index (χ4n) is 7.66. The monoisotopic (exact) mass is 634 g/mol. The van der Waals surface area contributed by atoms with Crippen LogP contribution < -0.4 is 0 Å². The average Bonchev–Trinajstić information content (AvgIpc) is 3.19. The minimum absolute atomic E-state index is 0.936. The Bertz CT molecular complexity index is 2850. The zero-order chi connectivity index (χ0) is 33.0. The molecule has 2 nitrogen and oxygen atoms in total. The predicted octanol–water partition coefficient (Wildman–Crippen LogP) is 12.9. The Labute approximate surface area is 290 Å². The summed E-state index contributed by atoms with van der Waals surface area (Å²) >= 11 is 0. The van der Waals surface area contributed by atoms with E-state index in [-0.39, 0.29) is 0 Å². The minimum atomic E-state index is 0.936. The van der Waals surface area contributed by atoms with E-state index in [4.69, 9.17) is 4.98 Å². The van der Waals surface area contributed by atoms with Gasteiger partial charge in [-0.1, -0.05) is 152 Å². The first-order valence-corrected chi connectivity index (χ1v) is 17.1. The molecular weight excluding hydrogens is 605 g/mol. The van der Waals surface area contributed by atoms with Crippen molar-refractivity contribution < 1.29 is 0 Å². The van der Waals surface area contributed by atoms with Gasteiger partial charge in [0.05, 0.1) is 16.7 Å². The Kier molecular flexibility index (Phi) is 6.53. The van der Waals surface area contributed by atoms with E-state index in [0.717, 1.165) is 33.1 Å². The molecule has 2 heterocycles. The standard InChI is InChI=1S/C48H30N2/c1-2-9-31(10-3-1)32-16-18-33(19-17-32)45-40-12-4-6-14-42(40)46(43-15-7-5-13-41(43)45)39-25-23-36-29-38(24-22-37(36)30-39)44-27-26-35-21-20-34-11-8-28-49-47(34)48(35)50-44/h1-30H. The van der Waals surface area contributed by atoms with Crippen LogP contribution in [0.25, 0.3) is 98.8 Å². The Morgan fingerprint density at radius 1 is 0.300 bits per heavy atom. The van der Waals surface area contributed by atoms with Crippen molar-refractivity contribution in [1.29, 1.82) is 0 Å². The van der Waals surface area contributed by atoms with Crippen molar-refractivity contribution in [3.8, 4) is 44.6 Å². The molecule has 0 fully saturated rings. The molecule has 232 valence electrons. The van der Waals surface area contributed by atoms with Crippen LogP contribution in [0.3, 0.4) is 0 Å². The van der Waals surface area contributed by atoms with Gasteiger partial charge in [-0.2, -0.15) is 0 Å². The van der Waals surface area contributed by atoms with Gasteiger partial charge >= 0.3 is 0 Å². The lowest BCUT2D eigenvalue weighted by Crippen LogP contribution is -1.91. The fourth-order valence-corrected chi connectivity index (χ4v) is 7.66. The molecule has 0 aliphatic rings. The molecule has 0 N–H and O–H groups in total. The summed E-state index contributed by atoms with van der Waals surface area (Å²) in [5.41, 5.74) is 11.3. The first kappa shape index (κ1) is 28.4. The SMILES string of the molecule is c1ccc(-c2ccc(-c3c4ccccc4c(-c4ccc5cc(-c6ccc7ccc8cccnc8c7n6)ccc5c4)c4ccccc34)cc2)cc1. The summed E-state index contributed by atoms with van der Waals surface area (Å²) in [4.78, 5) is 9.76. The number of aromatic nitrogens is 2. The summed E-state index contributed by atoms with van der Waals surface area (Å²) in [6.07, 6.45) is 1.84. The molecule has 2 aromatic heterocycles. The van der Waals surface area contributed by atoms with Crippen LogP contribution in [-0.4, -0.2) is 9.97 Å². The van der Waals surface area contributed by atoms with Gasteiger partial charge in [-0.05, 0) is 90.0 Å². The van der Waals surface area contributed by atoms with E-state index < -0.39 is 0 Å². The molecular formula is C48H30N2. The molecule has 0 aliphatic carbocycles. The van der Waals surface area contributed by atoms with Crippen molar-refractivity contribution in [2.75, 3.05) is 0 Å². The van der Waals surface area contributed by atoms with Gasteiger partial charge in [0.15, 0.2) is 0 Å². The summed E-state index contributed by atoms with van der Waals surface area (Å²) in [6, 6.07) is 63.4. The number of hydrogen-bond acceptors (Lipinski definition) is 2. The van der Waals surface area contributed by atoms with Gasteiger partial charge in [0, 0.05) is 22.5 Å². The first-order chi connectivity index (χ1) is 24.8. The maximum Gasteiger partial charge on any atom is 0.0972 e. The lowest BCUT2D eigenvalue weighted by atomic mass is 9.85. The van der Waals surface area contributed by atoms with E-state index >= 15 is 0 Å². The predicted molar refractivity (Wildman–Crippen MR) is 211 cm³/mol. The van der Waals surface area contributed by atoms with Crippen molar-refractivity contribution in [2.24, 2.45) is 0 Å². The molecule has 10 aromatic rings. The molecule has 10 rings (SSSR count). The maximum absolute atomic E-state index is 5.10. The quantitative estimate of drug-likeness (QED) is 0.142. The van der Waals surface area contributed by atoms with E-state index in [1.165, 1.54) is 65.7 Å². The molecule has 0 unspecified atom stereocenters. The van der Waals surface area contributed by atoms with Crippen LogP contribution in [0.1, 0.15) is 0 Å². The highest BCUT2D eigenvalue weighted by molar-refractivity contribution is 6.21. The largest absolute Gasteiger partial charge is 0.254 e. The highest BCUT2D eigenvalue weighted by Gasteiger charge is 2.17. The molecule has 0 radical (unpaired) electrons. The summed E-state index contributed by atoms with van der Waals surface area (Å²) in [5.74, 6) is 0. The van der Waals surface area contributed by atoms with Crippen LogP contribution in [0.5, 0.6) is 0 Å². The second-order valence-corrected chi connectivity index (χ2v) is 13.0. The lowest BCUT2D eigenvalue weighted by Gasteiger charge is -2.18. The molecule has 0 bridgehead atoms. The second-order valence-electron chi connectivity index (χ2n) is 13.0. The summed E-state index contributed by atoms with van der Waals surface area (Å²) < 4.78 is 0. The van der Waals surface area contributed by atoms with Crippen molar-refractivity contribution in [1.82, 2.24) is 9.97 Å². The van der Waals surface area contributed by atoms with Crippen LogP contribution in [0.2, 0.25) is 0 Å². The number of nitrogens with zero attached hydrogens (tertiary/aromatic N) is 2. The van der Waals surface area contributed by atoms with E-state index in [9.17, 15) is 0 Å². The molecule has 0 atom stereocenters. The second kappa shape index (κ2) is 11.5. The third-order valence-corrected chi connectivity index (χ3v) is 10.1. The van der Waals surface area contributed by atoms with E-state index in [1.54, 1.807) is 0 Å². The zero-order valence-corrected chi connectivity index (χ0v) is 27.2. The fraction of sp³-hybridized carbons (Fsp3) is 0. The smallest absolute Gasteiger partial charge is 0.0972 e. The third kappa shape index (κ3) is 4.65. The van der Waals surface area contributed by atoms with Crippen LogP contribution in [0.15, 0.2) is 182 Å². The highest BCUT2D eigenvalue weighted by Crippen LogP contribution is 2.44. The molecule has 0 spiro atoms. The van der Waals surface area contributed by atoms with Crippen molar-refractivity contribution in [2.45, 2.75) is 0 Å². The Morgan fingerprint density at radius 2 is 0.780 bits per heavy atom.